The van der Waals surface area contributed by atoms with E-state index in [1.807, 2.05) is 45.0 Å². The normalized spacial score (nSPS) is 20.0. The molecule has 1 aromatic carbocycles. The van der Waals surface area contributed by atoms with Crippen LogP contribution in [0.3, 0.4) is 0 Å². The van der Waals surface area contributed by atoms with Crippen LogP contribution in [0.5, 0.6) is 0 Å². The lowest BCUT2D eigenvalue weighted by atomic mass is 9.65. The standard InChI is InChI=1S/C17H21NO3/c1-16(2,3)21-15(20)18-10-17(11-18)9-8-14(19)12-6-4-5-7-13(12)17/h4-7H,8-11H2,1-3H3. The molecule has 1 fully saturated rings. The molecule has 0 unspecified atom stereocenters. The van der Waals surface area contributed by atoms with Gasteiger partial charge in [-0.05, 0) is 32.8 Å². The highest BCUT2D eigenvalue weighted by Gasteiger charge is 2.50. The van der Waals surface area contributed by atoms with Gasteiger partial charge < -0.3 is 9.64 Å². The van der Waals surface area contributed by atoms with Gasteiger partial charge >= 0.3 is 6.09 Å². The molecule has 4 heteroatoms. The van der Waals surface area contributed by atoms with Gasteiger partial charge in [-0.1, -0.05) is 24.3 Å². The van der Waals surface area contributed by atoms with E-state index in [-0.39, 0.29) is 17.3 Å². The summed E-state index contributed by atoms with van der Waals surface area (Å²) in [7, 11) is 0. The van der Waals surface area contributed by atoms with Crippen LogP contribution in [-0.2, 0) is 10.2 Å². The first-order chi connectivity index (χ1) is 9.81. The lowest BCUT2D eigenvalue weighted by molar-refractivity contribution is -0.0128. The second kappa shape index (κ2) is 4.58. The topological polar surface area (TPSA) is 46.6 Å². The maximum absolute atomic E-state index is 12.1. The molecule has 0 bridgehead atoms. The Labute approximate surface area is 125 Å². The Balaban J connectivity index is 1.77. The molecular formula is C17H21NO3. The van der Waals surface area contributed by atoms with Crippen molar-refractivity contribution in [3.8, 4) is 0 Å². The largest absolute Gasteiger partial charge is 0.444 e. The number of nitrogens with zero attached hydrogens (tertiary/aromatic N) is 1. The molecule has 0 aromatic heterocycles. The summed E-state index contributed by atoms with van der Waals surface area (Å²) < 4.78 is 5.40. The first-order valence-corrected chi connectivity index (χ1v) is 7.41. The number of ketones is 1. The van der Waals surface area contributed by atoms with Crippen molar-refractivity contribution < 1.29 is 14.3 Å². The molecule has 1 saturated heterocycles. The quantitative estimate of drug-likeness (QED) is 0.736. The van der Waals surface area contributed by atoms with Crippen LogP contribution in [0.15, 0.2) is 24.3 Å². The Hall–Kier alpha value is -1.84. The molecule has 0 N–H and O–H groups in total. The molecule has 0 radical (unpaired) electrons. The fourth-order valence-corrected chi connectivity index (χ4v) is 3.28. The highest BCUT2D eigenvalue weighted by molar-refractivity contribution is 5.99. The van der Waals surface area contributed by atoms with Crippen LogP contribution in [0.25, 0.3) is 0 Å². The smallest absolute Gasteiger partial charge is 0.410 e. The number of Topliss-reactive ketones (excluding diaryl/α,β-unsaturated/α-hetero) is 1. The number of amides is 1. The van der Waals surface area contributed by atoms with Gasteiger partial charge in [0.25, 0.3) is 0 Å². The number of benzene rings is 1. The third-order valence-corrected chi connectivity index (χ3v) is 4.27. The minimum absolute atomic E-state index is 0.0542. The molecule has 1 heterocycles. The molecule has 0 atom stereocenters. The summed E-state index contributed by atoms with van der Waals surface area (Å²) in [6.07, 6.45) is 1.13. The third kappa shape index (κ3) is 2.43. The van der Waals surface area contributed by atoms with E-state index in [1.54, 1.807) is 4.90 Å². The Morgan fingerprint density at radius 3 is 2.57 bits per heavy atom. The van der Waals surface area contributed by atoms with Gasteiger partial charge in [0.2, 0.25) is 0 Å². The second-order valence-electron chi connectivity index (χ2n) is 7.09. The van der Waals surface area contributed by atoms with Gasteiger partial charge in [-0.2, -0.15) is 0 Å². The van der Waals surface area contributed by atoms with Gasteiger partial charge in [0.1, 0.15) is 5.60 Å². The number of carbonyl (C=O) groups is 2. The van der Waals surface area contributed by atoms with Crippen LogP contribution >= 0.6 is 0 Å². The van der Waals surface area contributed by atoms with Crippen molar-refractivity contribution >= 4 is 11.9 Å². The van der Waals surface area contributed by atoms with Gasteiger partial charge in [0.15, 0.2) is 5.78 Å². The van der Waals surface area contributed by atoms with Gasteiger partial charge in [0.05, 0.1) is 0 Å². The Kier molecular flexibility index (Phi) is 3.08. The molecule has 4 nitrogen and oxygen atoms in total. The number of hydrogen-bond donors (Lipinski definition) is 0. The number of likely N-dealkylation sites (tertiary alicyclic amines) is 1. The van der Waals surface area contributed by atoms with E-state index in [2.05, 4.69) is 0 Å². The molecule has 0 saturated carbocycles. The van der Waals surface area contributed by atoms with Crippen LogP contribution in [-0.4, -0.2) is 35.5 Å². The Morgan fingerprint density at radius 2 is 1.90 bits per heavy atom. The monoisotopic (exact) mass is 287 g/mol. The fourth-order valence-electron chi connectivity index (χ4n) is 3.28. The number of hydrogen-bond acceptors (Lipinski definition) is 3. The average Bonchev–Trinajstić information content (AvgIpc) is 2.35. The van der Waals surface area contributed by atoms with Crippen LogP contribution in [0.2, 0.25) is 0 Å². The van der Waals surface area contributed by atoms with E-state index < -0.39 is 5.60 Å². The van der Waals surface area contributed by atoms with Crippen LogP contribution in [0, 0.1) is 0 Å². The molecule has 3 rings (SSSR count). The highest BCUT2D eigenvalue weighted by atomic mass is 16.6. The fraction of sp³-hybridized carbons (Fsp3) is 0.529. The second-order valence-corrected chi connectivity index (χ2v) is 7.09. The van der Waals surface area contributed by atoms with Gasteiger partial charge in [-0.3, -0.25) is 4.79 Å². The molecule has 21 heavy (non-hydrogen) atoms. The molecule has 1 aliphatic heterocycles. The van der Waals surface area contributed by atoms with Crippen LogP contribution in [0.1, 0.15) is 49.5 Å². The van der Waals surface area contributed by atoms with Crippen molar-refractivity contribution in [2.75, 3.05) is 13.1 Å². The predicted molar refractivity (Wildman–Crippen MR) is 79.5 cm³/mol. The first kappa shape index (κ1) is 14.1. The molecule has 1 aromatic rings. The van der Waals surface area contributed by atoms with Gasteiger partial charge in [-0.15, -0.1) is 0 Å². The molecule has 1 amide bonds. The van der Waals surface area contributed by atoms with Crippen LogP contribution in [0.4, 0.5) is 4.79 Å². The predicted octanol–water partition coefficient (Wildman–Crippen LogP) is 3.15. The van der Waals surface area contributed by atoms with Crippen LogP contribution < -0.4 is 0 Å². The summed E-state index contributed by atoms with van der Waals surface area (Å²) in [6, 6.07) is 7.79. The summed E-state index contributed by atoms with van der Waals surface area (Å²) >= 11 is 0. The minimum atomic E-state index is -0.472. The van der Waals surface area contributed by atoms with Crippen molar-refractivity contribution in [1.29, 1.82) is 0 Å². The van der Waals surface area contributed by atoms with E-state index >= 15 is 0 Å². The van der Waals surface area contributed by atoms with E-state index in [1.165, 1.54) is 0 Å². The third-order valence-electron chi connectivity index (χ3n) is 4.27. The summed E-state index contributed by atoms with van der Waals surface area (Å²) in [5, 5.41) is 0. The van der Waals surface area contributed by atoms with Gasteiger partial charge in [-0.25, -0.2) is 4.79 Å². The SMILES string of the molecule is CC(C)(C)OC(=O)N1CC2(CCC(=O)c3ccccc32)C1. The summed E-state index contributed by atoms with van der Waals surface area (Å²) in [4.78, 5) is 25.8. The molecule has 2 aliphatic rings. The number of carbonyl (C=O) groups excluding carboxylic acids is 2. The molecule has 112 valence electrons. The van der Waals surface area contributed by atoms with Crippen molar-refractivity contribution in [3.05, 3.63) is 35.4 Å². The summed E-state index contributed by atoms with van der Waals surface area (Å²) in [6.45, 7) is 6.90. The number of ether oxygens (including phenoxy) is 1. The van der Waals surface area contributed by atoms with Crippen molar-refractivity contribution in [2.45, 2.75) is 44.6 Å². The van der Waals surface area contributed by atoms with Crippen molar-refractivity contribution in [2.24, 2.45) is 0 Å². The zero-order chi connectivity index (χ0) is 15.3. The molecule has 1 spiro atoms. The zero-order valence-corrected chi connectivity index (χ0v) is 12.8. The Bertz CT molecular complexity index is 594. The highest BCUT2D eigenvalue weighted by Crippen LogP contribution is 2.44. The molecule has 1 aliphatic carbocycles. The minimum Gasteiger partial charge on any atom is -0.444 e. The first-order valence-electron chi connectivity index (χ1n) is 7.41. The zero-order valence-electron chi connectivity index (χ0n) is 12.8. The summed E-state index contributed by atoms with van der Waals surface area (Å²) in [5.74, 6) is 0.215. The lowest BCUT2D eigenvalue weighted by Crippen LogP contribution is -2.63. The van der Waals surface area contributed by atoms with E-state index in [0.29, 0.717) is 19.5 Å². The van der Waals surface area contributed by atoms with Crippen molar-refractivity contribution in [1.82, 2.24) is 4.90 Å². The Morgan fingerprint density at radius 1 is 1.24 bits per heavy atom. The number of fused-ring (bicyclic) bond motifs is 2. The van der Waals surface area contributed by atoms with E-state index in [0.717, 1.165) is 17.5 Å². The van der Waals surface area contributed by atoms with E-state index in [9.17, 15) is 9.59 Å². The summed E-state index contributed by atoms with van der Waals surface area (Å²) in [5.41, 5.74) is 1.40. The van der Waals surface area contributed by atoms with Crippen molar-refractivity contribution in [3.63, 3.8) is 0 Å². The maximum Gasteiger partial charge on any atom is 0.410 e. The lowest BCUT2D eigenvalue weighted by Gasteiger charge is -2.52. The van der Waals surface area contributed by atoms with E-state index in [4.69, 9.17) is 4.74 Å². The molecular weight excluding hydrogens is 266 g/mol. The average molecular weight is 287 g/mol. The number of rotatable bonds is 0. The van der Waals surface area contributed by atoms with Gasteiger partial charge in [0, 0.05) is 30.5 Å². The maximum atomic E-state index is 12.1.